The zero-order valence-electron chi connectivity index (χ0n) is 8.66. The summed E-state index contributed by atoms with van der Waals surface area (Å²) in [5.74, 6) is 2.72. The van der Waals surface area contributed by atoms with Crippen LogP contribution in [0.3, 0.4) is 0 Å². The molecule has 0 aliphatic carbocycles. The molecule has 0 N–H and O–H groups in total. The number of benzene rings is 1. The second-order valence-corrected chi connectivity index (χ2v) is 3.16. The molecule has 0 amide bonds. The van der Waals surface area contributed by atoms with Gasteiger partial charge in [-0.3, -0.25) is 10.1 Å². The van der Waals surface area contributed by atoms with Crippen LogP contribution in [0.25, 0.3) is 11.5 Å². The van der Waals surface area contributed by atoms with Crippen molar-refractivity contribution in [3.63, 3.8) is 0 Å². The van der Waals surface area contributed by atoms with Gasteiger partial charge in [-0.15, -0.1) is 16.6 Å². The van der Waals surface area contributed by atoms with E-state index in [-0.39, 0.29) is 29.5 Å². The Bertz CT molecular complexity index is 598. The summed E-state index contributed by atoms with van der Waals surface area (Å²) >= 11 is 0. The molecule has 84 valence electrons. The lowest BCUT2D eigenvalue weighted by Crippen LogP contribution is -1.91. The van der Waals surface area contributed by atoms with Crippen LogP contribution in [0.1, 0.15) is 5.89 Å². The van der Waals surface area contributed by atoms with Crippen LogP contribution in [0.15, 0.2) is 28.7 Å². The highest BCUT2D eigenvalue weighted by Crippen LogP contribution is 2.28. The molecule has 0 bridgehead atoms. The average Bonchev–Trinajstić information content (AvgIpc) is 2.78. The van der Waals surface area contributed by atoms with Crippen molar-refractivity contribution in [2.75, 3.05) is 0 Å². The van der Waals surface area contributed by atoms with Crippen molar-refractivity contribution in [1.29, 1.82) is 0 Å². The standard InChI is InChI=1S/C11H7N3O3/c1-2-5-10-12-13-11(17-10)8-6-3-4-7-9(8)14(15)16/h1,3-4,6-7H,5H2. The molecule has 17 heavy (non-hydrogen) atoms. The van der Waals surface area contributed by atoms with Crippen LogP contribution < -0.4 is 0 Å². The van der Waals surface area contributed by atoms with Gasteiger partial charge >= 0.3 is 0 Å². The number of nitrogens with zero attached hydrogens (tertiary/aromatic N) is 3. The van der Waals surface area contributed by atoms with Crippen LogP contribution in [0.2, 0.25) is 0 Å². The molecular weight excluding hydrogens is 222 g/mol. The van der Waals surface area contributed by atoms with Gasteiger partial charge in [-0.1, -0.05) is 18.1 Å². The fourth-order valence-corrected chi connectivity index (χ4v) is 1.33. The Morgan fingerprint density at radius 1 is 1.41 bits per heavy atom. The molecular formula is C11H7N3O3. The number of hydrogen-bond acceptors (Lipinski definition) is 5. The predicted octanol–water partition coefficient (Wildman–Crippen LogP) is 1.82. The first-order valence-corrected chi connectivity index (χ1v) is 4.72. The lowest BCUT2D eigenvalue weighted by Gasteiger charge is -1.96. The molecule has 1 heterocycles. The van der Waals surface area contributed by atoms with Crippen molar-refractivity contribution in [1.82, 2.24) is 10.2 Å². The van der Waals surface area contributed by atoms with E-state index < -0.39 is 4.92 Å². The quantitative estimate of drug-likeness (QED) is 0.455. The number of rotatable bonds is 3. The molecule has 0 atom stereocenters. The topological polar surface area (TPSA) is 82.1 Å². The number of para-hydroxylation sites is 1. The molecule has 0 spiro atoms. The number of terminal acetylenes is 1. The molecule has 6 heteroatoms. The molecule has 0 fully saturated rings. The maximum Gasteiger partial charge on any atom is 0.282 e. The molecule has 0 saturated heterocycles. The fourth-order valence-electron chi connectivity index (χ4n) is 1.33. The van der Waals surface area contributed by atoms with Crippen LogP contribution in [0, 0.1) is 22.5 Å². The van der Waals surface area contributed by atoms with Gasteiger partial charge in [0, 0.05) is 6.07 Å². The Hall–Kier alpha value is -2.68. The lowest BCUT2D eigenvalue weighted by atomic mass is 10.2. The minimum atomic E-state index is -0.500. The van der Waals surface area contributed by atoms with Crippen molar-refractivity contribution in [2.24, 2.45) is 0 Å². The highest BCUT2D eigenvalue weighted by Gasteiger charge is 2.19. The van der Waals surface area contributed by atoms with Gasteiger partial charge in [0.05, 0.1) is 11.3 Å². The minimum absolute atomic E-state index is 0.0802. The summed E-state index contributed by atoms with van der Waals surface area (Å²) in [5, 5.41) is 18.2. The van der Waals surface area contributed by atoms with Gasteiger partial charge in [0.1, 0.15) is 5.56 Å². The summed E-state index contributed by atoms with van der Waals surface area (Å²) in [4.78, 5) is 10.3. The van der Waals surface area contributed by atoms with E-state index in [1.54, 1.807) is 18.2 Å². The Morgan fingerprint density at radius 2 is 2.18 bits per heavy atom. The summed E-state index contributed by atoms with van der Waals surface area (Å²) < 4.78 is 5.23. The number of nitro benzene ring substituents is 1. The molecule has 0 unspecified atom stereocenters. The van der Waals surface area contributed by atoms with Crippen molar-refractivity contribution >= 4 is 5.69 Å². The third-order valence-corrected chi connectivity index (χ3v) is 2.05. The van der Waals surface area contributed by atoms with Crippen LogP contribution in [-0.2, 0) is 6.42 Å². The second-order valence-electron chi connectivity index (χ2n) is 3.16. The van der Waals surface area contributed by atoms with E-state index in [1.165, 1.54) is 6.07 Å². The second kappa shape index (κ2) is 4.45. The Labute approximate surface area is 96.4 Å². The monoisotopic (exact) mass is 229 g/mol. The molecule has 1 aromatic carbocycles. The molecule has 2 rings (SSSR count). The highest BCUT2D eigenvalue weighted by atomic mass is 16.6. The third-order valence-electron chi connectivity index (χ3n) is 2.05. The third kappa shape index (κ3) is 2.13. The van der Waals surface area contributed by atoms with E-state index in [4.69, 9.17) is 10.8 Å². The maximum atomic E-state index is 10.8. The summed E-state index contributed by atoms with van der Waals surface area (Å²) in [6, 6.07) is 6.15. The smallest absolute Gasteiger partial charge is 0.282 e. The SMILES string of the molecule is C#CCc1nnc(-c2ccccc2[N+](=O)[O-])o1. The van der Waals surface area contributed by atoms with Crippen LogP contribution in [0.4, 0.5) is 5.69 Å². The van der Waals surface area contributed by atoms with E-state index in [0.29, 0.717) is 0 Å². The van der Waals surface area contributed by atoms with E-state index in [2.05, 4.69) is 16.1 Å². The number of hydrogen-bond donors (Lipinski definition) is 0. The van der Waals surface area contributed by atoms with E-state index >= 15 is 0 Å². The predicted molar refractivity (Wildman–Crippen MR) is 58.9 cm³/mol. The molecule has 0 radical (unpaired) electrons. The van der Waals surface area contributed by atoms with E-state index in [9.17, 15) is 10.1 Å². The summed E-state index contributed by atoms with van der Waals surface area (Å²) in [7, 11) is 0. The average molecular weight is 229 g/mol. The van der Waals surface area contributed by atoms with Gasteiger partial charge in [-0.25, -0.2) is 0 Å². The van der Waals surface area contributed by atoms with Crippen LogP contribution >= 0.6 is 0 Å². The van der Waals surface area contributed by atoms with Gasteiger partial charge in [0.2, 0.25) is 5.89 Å². The van der Waals surface area contributed by atoms with Crippen molar-refractivity contribution < 1.29 is 9.34 Å². The zero-order chi connectivity index (χ0) is 12.3. The van der Waals surface area contributed by atoms with Gasteiger partial charge in [-0.2, -0.15) is 0 Å². The molecule has 0 saturated carbocycles. The van der Waals surface area contributed by atoms with Crippen molar-refractivity contribution in [2.45, 2.75) is 6.42 Å². The van der Waals surface area contributed by atoms with E-state index in [0.717, 1.165) is 0 Å². The normalized spacial score (nSPS) is 9.82. The molecule has 2 aromatic rings. The van der Waals surface area contributed by atoms with Gasteiger partial charge in [0.15, 0.2) is 0 Å². The van der Waals surface area contributed by atoms with Gasteiger partial charge in [-0.05, 0) is 6.07 Å². The van der Waals surface area contributed by atoms with Crippen LogP contribution in [-0.4, -0.2) is 15.1 Å². The van der Waals surface area contributed by atoms with Crippen LogP contribution in [0.5, 0.6) is 0 Å². The Morgan fingerprint density at radius 3 is 2.88 bits per heavy atom. The van der Waals surface area contributed by atoms with E-state index in [1.807, 2.05) is 0 Å². The lowest BCUT2D eigenvalue weighted by molar-refractivity contribution is -0.384. The zero-order valence-corrected chi connectivity index (χ0v) is 8.66. The molecule has 0 aliphatic rings. The highest BCUT2D eigenvalue weighted by molar-refractivity contribution is 5.66. The van der Waals surface area contributed by atoms with Crippen molar-refractivity contribution in [3.05, 3.63) is 40.3 Å². The number of aromatic nitrogens is 2. The Balaban J connectivity index is 2.46. The molecule has 0 aliphatic heterocycles. The van der Waals surface area contributed by atoms with Gasteiger partial charge < -0.3 is 4.42 Å². The Kier molecular flexibility index (Phi) is 2.83. The largest absolute Gasteiger partial charge is 0.419 e. The van der Waals surface area contributed by atoms with Crippen molar-refractivity contribution in [3.8, 4) is 23.8 Å². The number of nitro groups is 1. The minimum Gasteiger partial charge on any atom is -0.419 e. The first kappa shape index (κ1) is 10.8. The fraction of sp³-hybridized carbons (Fsp3) is 0.0909. The summed E-state index contributed by atoms with van der Waals surface area (Å²) in [6.45, 7) is 0. The summed E-state index contributed by atoms with van der Waals surface area (Å²) in [6.07, 6.45) is 5.30. The van der Waals surface area contributed by atoms with Gasteiger partial charge in [0.25, 0.3) is 11.6 Å². The maximum absolute atomic E-state index is 10.8. The molecule has 1 aromatic heterocycles. The summed E-state index contributed by atoms with van der Waals surface area (Å²) in [5.41, 5.74) is 0.205. The first-order chi connectivity index (χ1) is 8.22. The first-order valence-electron chi connectivity index (χ1n) is 4.72. The molecule has 6 nitrogen and oxygen atoms in total.